The van der Waals surface area contributed by atoms with Crippen LogP contribution in [0.5, 0.6) is 0 Å². The van der Waals surface area contributed by atoms with Crippen LogP contribution in [0.4, 0.5) is 0 Å². The van der Waals surface area contributed by atoms with Crippen molar-refractivity contribution in [2.45, 2.75) is 46.5 Å². The van der Waals surface area contributed by atoms with Crippen LogP contribution in [0.1, 0.15) is 56.8 Å². The summed E-state index contributed by atoms with van der Waals surface area (Å²) in [6.45, 7) is 7.93. The van der Waals surface area contributed by atoms with Gasteiger partial charge in [-0.05, 0) is 73.3 Å². The molecule has 1 aromatic carbocycles. The summed E-state index contributed by atoms with van der Waals surface area (Å²) in [5, 5.41) is 0. The van der Waals surface area contributed by atoms with Gasteiger partial charge in [0.2, 0.25) is 0 Å². The predicted molar refractivity (Wildman–Crippen MR) is 101 cm³/mol. The van der Waals surface area contributed by atoms with Gasteiger partial charge in [-0.1, -0.05) is 43.7 Å². The molecular formula is C22H30N2O. The molecule has 3 nitrogen and oxygen atoms in total. The zero-order chi connectivity index (χ0) is 17.7. The highest BCUT2D eigenvalue weighted by Crippen LogP contribution is 2.87. The highest BCUT2D eigenvalue weighted by atomic mass is 16.2. The van der Waals surface area contributed by atoms with Crippen molar-refractivity contribution in [1.82, 2.24) is 10.9 Å². The van der Waals surface area contributed by atoms with E-state index in [1.807, 2.05) is 30.3 Å². The number of carbonyl (C=O) groups is 1. The molecule has 4 saturated carbocycles. The fourth-order valence-corrected chi connectivity index (χ4v) is 6.12. The summed E-state index contributed by atoms with van der Waals surface area (Å²) in [6.07, 6.45) is 7.81. The van der Waals surface area contributed by atoms with Crippen LogP contribution >= 0.6 is 0 Å². The molecule has 2 unspecified atom stereocenters. The molecule has 0 aliphatic heterocycles. The van der Waals surface area contributed by atoms with Crippen molar-refractivity contribution in [1.29, 1.82) is 0 Å². The van der Waals surface area contributed by atoms with Crippen LogP contribution < -0.4 is 10.9 Å². The van der Waals surface area contributed by atoms with Crippen LogP contribution in [-0.2, 0) is 0 Å². The summed E-state index contributed by atoms with van der Waals surface area (Å²) in [5.41, 5.74) is 9.00. The van der Waals surface area contributed by atoms with Crippen LogP contribution in [0.15, 0.2) is 42.0 Å². The fraction of sp³-hybridized carbons (Fsp3) is 0.591. The molecule has 3 heteroatoms. The summed E-state index contributed by atoms with van der Waals surface area (Å²) < 4.78 is 0. The summed E-state index contributed by atoms with van der Waals surface area (Å²) >= 11 is 0. The van der Waals surface area contributed by atoms with Crippen molar-refractivity contribution in [3.63, 3.8) is 0 Å². The Hall–Kier alpha value is -1.61. The average Bonchev–Trinajstić information content (AvgIpc) is 2.93. The number of amides is 1. The molecular weight excluding hydrogens is 308 g/mol. The van der Waals surface area contributed by atoms with Crippen LogP contribution in [0.25, 0.3) is 0 Å². The average molecular weight is 338 g/mol. The van der Waals surface area contributed by atoms with Crippen molar-refractivity contribution in [3.8, 4) is 0 Å². The number of nitrogens with one attached hydrogen (secondary N) is 2. The van der Waals surface area contributed by atoms with Gasteiger partial charge in [-0.25, -0.2) is 5.43 Å². The molecule has 4 aliphatic carbocycles. The predicted octanol–water partition coefficient (Wildman–Crippen LogP) is 4.33. The Morgan fingerprint density at radius 3 is 2.48 bits per heavy atom. The van der Waals surface area contributed by atoms with E-state index >= 15 is 0 Å². The first kappa shape index (κ1) is 16.8. The maximum atomic E-state index is 12.0. The highest BCUT2D eigenvalue weighted by Gasteiger charge is 2.80. The number of rotatable bonds is 7. The summed E-state index contributed by atoms with van der Waals surface area (Å²) in [5.74, 6) is 2.98. The molecule has 4 bridgehead atoms. The molecule has 0 saturated heterocycles. The molecule has 1 aromatic rings. The minimum Gasteiger partial charge on any atom is -0.287 e. The lowest BCUT2D eigenvalue weighted by molar-refractivity contribution is 0.0935. The first-order chi connectivity index (χ1) is 12.0. The summed E-state index contributed by atoms with van der Waals surface area (Å²) in [7, 11) is 0. The smallest absolute Gasteiger partial charge is 0.265 e. The lowest BCUT2D eigenvalue weighted by atomic mass is 9.71. The second-order valence-electron chi connectivity index (χ2n) is 8.84. The third-order valence-electron chi connectivity index (χ3n) is 7.89. The SMILES string of the molecule is C/C(=C/CC[C@]1(C)C2C[C@@H]3[C@H](C2)C31C)CNNC(=O)c1ccccc1. The van der Waals surface area contributed by atoms with E-state index < -0.39 is 0 Å². The van der Waals surface area contributed by atoms with Gasteiger partial charge in [-0.3, -0.25) is 10.2 Å². The minimum absolute atomic E-state index is 0.0839. The second-order valence-corrected chi connectivity index (χ2v) is 8.84. The maximum absolute atomic E-state index is 12.0. The number of benzene rings is 1. The number of carbonyl (C=O) groups excluding carboxylic acids is 1. The molecule has 0 spiro atoms. The van der Waals surface area contributed by atoms with Crippen LogP contribution in [0, 0.1) is 28.6 Å². The Morgan fingerprint density at radius 1 is 1.20 bits per heavy atom. The number of hydrazine groups is 1. The highest BCUT2D eigenvalue weighted by molar-refractivity contribution is 5.93. The molecule has 5 atom stereocenters. The minimum atomic E-state index is -0.0839. The van der Waals surface area contributed by atoms with Crippen LogP contribution in [-0.4, -0.2) is 12.5 Å². The molecule has 2 N–H and O–H groups in total. The largest absolute Gasteiger partial charge is 0.287 e. The molecule has 134 valence electrons. The third-order valence-corrected chi connectivity index (χ3v) is 7.89. The Kier molecular flexibility index (Phi) is 4.03. The fourth-order valence-electron chi connectivity index (χ4n) is 6.12. The Labute approximate surface area is 151 Å². The lowest BCUT2D eigenvalue weighted by Gasteiger charge is -2.34. The van der Waals surface area contributed by atoms with Gasteiger partial charge in [0.05, 0.1) is 0 Å². The first-order valence-electron chi connectivity index (χ1n) is 9.70. The quantitative estimate of drug-likeness (QED) is 0.574. The summed E-state index contributed by atoms with van der Waals surface area (Å²) in [6, 6.07) is 9.30. The molecule has 0 heterocycles. The Balaban J connectivity index is 1.21. The third kappa shape index (κ3) is 2.55. The van der Waals surface area contributed by atoms with Gasteiger partial charge in [0, 0.05) is 12.1 Å². The van der Waals surface area contributed by atoms with Crippen molar-refractivity contribution in [2.75, 3.05) is 6.54 Å². The van der Waals surface area contributed by atoms with E-state index in [1.165, 1.54) is 24.8 Å². The molecule has 4 fully saturated rings. The molecule has 1 amide bonds. The van der Waals surface area contributed by atoms with Crippen molar-refractivity contribution in [2.24, 2.45) is 28.6 Å². The molecule has 5 rings (SSSR count). The standard InChI is InChI=1S/C22H30N2O/c1-15(14-23-24-20(25)16-9-5-4-6-10-16)8-7-11-21(2)17-12-18-19(13-17)22(18,21)3/h4-6,8-10,17-19,23H,7,11-14H2,1-3H3,(H,24,25)/b15-8-/t17?,18-,19+,21-,22?/m1/s1. The van der Waals surface area contributed by atoms with Gasteiger partial charge < -0.3 is 0 Å². The monoisotopic (exact) mass is 338 g/mol. The maximum Gasteiger partial charge on any atom is 0.265 e. The van der Waals surface area contributed by atoms with Gasteiger partial charge in [0.15, 0.2) is 0 Å². The number of allylic oxidation sites excluding steroid dienone is 1. The van der Waals surface area contributed by atoms with Gasteiger partial charge >= 0.3 is 0 Å². The first-order valence-corrected chi connectivity index (χ1v) is 9.70. The number of hydrogen-bond donors (Lipinski definition) is 2. The van der Waals surface area contributed by atoms with Crippen molar-refractivity contribution < 1.29 is 4.79 Å². The van der Waals surface area contributed by atoms with E-state index in [1.54, 1.807) is 0 Å². The van der Waals surface area contributed by atoms with E-state index in [-0.39, 0.29) is 5.91 Å². The summed E-state index contributed by atoms with van der Waals surface area (Å²) in [4.78, 5) is 12.0. The zero-order valence-corrected chi connectivity index (χ0v) is 15.6. The molecule has 0 aromatic heterocycles. The van der Waals surface area contributed by atoms with E-state index in [4.69, 9.17) is 0 Å². The molecule has 0 radical (unpaired) electrons. The zero-order valence-electron chi connectivity index (χ0n) is 15.6. The van der Waals surface area contributed by atoms with Gasteiger partial charge in [-0.2, -0.15) is 0 Å². The van der Waals surface area contributed by atoms with Crippen molar-refractivity contribution >= 4 is 5.91 Å². The van der Waals surface area contributed by atoms with Crippen LogP contribution in [0.2, 0.25) is 0 Å². The molecule has 4 aliphatic rings. The Morgan fingerprint density at radius 2 is 1.88 bits per heavy atom. The van der Waals surface area contributed by atoms with E-state index in [0.29, 0.717) is 22.9 Å². The van der Waals surface area contributed by atoms with E-state index in [0.717, 1.165) is 24.2 Å². The van der Waals surface area contributed by atoms with E-state index in [2.05, 4.69) is 37.7 Å². The Bertz CT molecular complexity index is 683. The lowest BCUT2D eigenvalue weighted by Crippen LogP contribution is -2.38. The van der Waals surface area contributed by atoms with Crippen LogP contribution in [0.3, 0.4) is 0 Å². The molecule has 25 heavy (non-hydrogen) atoms. The van der Waals surface area contributed by atoms with Gasteiger partial charge in [0.1, 0.15) is 0 Å². The van der Waals surface area contributed by atoms with Gasteiger partial charge in [0.25, 0.3) is 5.91 Å². The topological polar surface area (TPSA) is 41.1 Å². The van der Waals surface area contributed by atoms with E-state index in [9.17, 15) is 4.79 Å². The van der Waals surface area contributed by atoms with Crippen molar-refractivity contribution in [3.05, 3.63) is 47.5 Å². The normalized spacial score (nSPS) is 38.0. The second kappa shape index (κ2) is 5.98. The van der Waals surface area contributed by atoms with Gasteiger partial charge in [-0.15, -0.1) is 0 Å². The number of hydrogen-bond acceptors (Lipinski definition) is 2.